The Balaban J connectivity index is 1.55. The van der Waals surface area contributed by atoms with Gasteiger partial charge in [0, 0.05) is 11.0 Å². The third kappa shape index (κ3) is 4.45. The van der Waals surface area contributed by atoms with E-state index in [0.29, 0.717) is 0 Å². The van der Waals surface area contributed by atoms with Gasteiger partial charge in [0.2, 0.25) is 5.91 Å². The van der Waals surface area contributed by atoms with Crippen molar-refractivity contribution in [2.75, 3.05) is 5.75 Å². The first-order valence-corrected chi connectivity index (χ1v) is 8.83. The number of benzene rings is 2. The van der Waals surface area contributed by atoms with Crippen molar-refractivity contribution >= 4 is 17.7 Å². The first kappa shape index (κ1) is 18.1. The molecular formula is C18H16F2N4OS. The van der Waals surface area contributed by atoms with Crippen LogP contribution in [0.4, 0.5) is 8.78 Å². The van der Waals surface area contributed by atoms with Gasteiger partial charge in [-0.25, -0.2) is 18.4 Å². The molecule has 0 unspecified atom stereocenters. The van der Waals surface area contributed by atoms with Gasteiger partial charge < -0.3 is 5.32 Å². The summed E-state index contributed by atoms with van der Waals surface area (Å²) in [6.07, 6.45) is 3.06. The van der Waals surface area contributed by atoms with E-state index >= 15 is 0 Å². The van der Waals surface area contributed by atoms with Crippen molar-refractivity contribution in [2.45, 2.75) is 17.9 Å². The summed E-state index contributed by atoms with van der Waals surface area (Å²) in [5.41, 5.74) is 1.80. The van der Waals surface area contributed by atoms with Gasteiger partial charge in [0.05, 0.1) is 17.5 Å². The summed E-state index contributed by atoms with van der Waals surface area (Å²) in [4.78, 5) is 16.2. The van der Waals surface area contributed by atoms with Crippen molar-refractivity contribution in [1.29, 1.82) is 0 Å². The van der Waals surface area contributed by atoms with Crippen molar-refractivity contribution in [3.8, 4) is 5.69 Å². The van der Waals surface area contributed by atoms with E-state index in [0.717, 1.165) is 29.1 Å². The number of carbonyl (C=O) groups excluding carboxylic acids is 1. The third-order valence-corrected chi connectivity index (χ3v) is 4.76. The Kier molecular flexibility index (Phi) is 5.62. The molecular weight excluding hydrogens is 358 g/mol. The highest BCUT2D eigenvalue weighted by atomic mass is 32.2. The maximum atomic E-state index is 13.6. The topological polar surface area (TPSA) is 59.8 Å². The predicted octanol–water partition coefficient (Wildman–Crippen LogP) is 3.52. The fourth-order valence-electron chi connectivity index (χ4n) is 2.36. The molecule has 0 spiro atoms. The molecule has 1 aromatic heterocycles. The van der Waals surface area contributed by atoms with Crippen molar-refractivity contribution in [3.05, 3.63) is 72.3 Å². The highest BCUT2D eigenvalue weighted by Crippen LogP contribution is 2.22. The Morgan fingerprint density at radius 3 is 2.65 bits per heavy atom. The van der Waals surface area contributed by atoms with Gasteiger partial charge in [0.25, 0.3) is 0 Å². The largest absolute Gasteiger partial charge is 0.349 e. The Hall–Kier alpha value is -2.74. The van der Waals surface area contributed by atoms with E-state index in [-0.39, 0.29) is 22.6 Å². The molecule has 0 aliphatic carbocycles. The van der Waals surface area contributed by atoms with Crippen LogP contribution in [0.25, 0.3) is 5.69 Å². The first-order valence-electron chi connectivity index (χ1n) is 7.85. The number of thioether (sulfide) groups is 1. The van der Waals surface area contributed by atoms with Crippen molar-refractivity contribution in [1.82, 2.24) is 20.1 Å². The number of carbonyl (C=O) groups is 1. The minimum absolute atomic E-state index is 0.0456. The van der Waals surface area contributed by atoms with Crippen LogP contribution in [0.15, 0.2) is 60.0 Å². The van der Waals surface area contributed by atoms with E-state index in [1.807, 2.05) is 31.2 Å². The number of nitrogens with one attached hydrogen (secondary N) is 1. The van der Waals surface area contributed by atoms with Crippen LogP contribution in [0.3, 0.4) is 0 Å². The Bertz CT molecular complexity index is 885. The number of amides is 1. The molecule has 1 N–H and O–H groups in total. The summed E-state index contributed by atoms with van der Waals surface area (Å²) in [5.74, 6) is -1.49. The van der Waals surface area contributed by atoms with Crippen LogP contribution in [0.2, 0.25) is 0 Å². The van der Waals surface area contributed by atoms with Gasteiger partial charge in [-0.05, 0) is 36.8 Å². The fourth-order valence-corrected chi connectivity index (χ4v) is 3.09. The molecule has 1 atom stereocenters. The summed E-state index contributed by atoms with van der Waals surface area (Å²) >= 11 is 1.03. The number of nitrogens with zero attached hydrogens (tertiary/aromatic N) is 3. The number of hydrogen-bond donors (Lipinski definition) is 1. The smallest absolute Gasteiger partial charge is 0.230 e. The molecule has 0 aliphatic rings. The van der Waals surface area contributed by atoms with Gasteiger partial charge in [-0.1, -0.05) is 12.1 Å². The minimum Gasteiger partial charge on any atom is -0.349 e. The molecule has 0 bridgehead atoms. The van der Waals surface area contributed by atoms with E-state index in [9.17, 15) is 13.6 Å². The maximum absolute atomic E-state index is 13.6. The van der Waals surface area contributed by atoms with Gasteiger partial charge in [-0.3, -0.25) is 4.79 Å². The molecule has 1 amide bonds. The van der Waals surface area contributed by atoms with Crippen LogP contribution in [-0.2, 0) is 4.79 Å². The standard InChI is InChI=1S/C18H16F2N4OS/c1-12(13-2-5-15(6-3-13)24-11-21-10-22-24)23-18(25)9-26-17-7-4-14(19)8-16(17)20/h2-8,10-12H,9H2,1H3,(H,23,25)/t12-/m0/s1. The normalized spacial score (nSPS) is 12.0. The molecule has 0 fully saturated rings. The van der Waals surface area contributed by atoms with E-state index < -0.39 is 11.6 Å². The van der Waals surface area contributed by atoms with Gasteiger partial charge in [-0.15, -0.1) is 11.8 Å². The molecule has 134 valence electrons. The van der Waals surface area contributed by atoms with Crippen molar-refractivity contribution < 1.29 is 13.6 Å². The molecule has 8 heteroatoms. The van der Waals surface area contributed by atoms with Gasteiger partial charge in [0.1, 0.15) is 24.3 Å². The highest BCUT2D eigenvalue weighted by molar-refractivity contribution is 8.00. The lowest BCUT2D eigenvalue weighted by molar-refractivity contribution is -0.119. The number of aromatic nitrogens is 3. The average molecular weight is 374 g/mol. The zero-order chi connectivity index (χ0) is 18.5. The lowest BCUT2D eigenvalue weighted by atomic mass is 10.1. The zero-order valence-corrected chi connectivity index (χ0v) is 14.7. The van der Waals surface area contributed by atoms with Crippen LogP contribution in [0.5, 0.6) is 0 Å². The Morgan fingerprint density at radius 1 is 1.23 bits per heavy atom. The molecule has 3 rings (SSSR count). The lowest BCUT2D eigenvalue weighted by Crippen LogP contribution is -2.28. The molecule has 26 heavy (non-hydrogen) atoms. The Morgan fingerprint density at radius 2 is 2.00 bits per heavy atom. The van der Waals surface area contributed by atoms with Crippen LogP contribution in [0, 0.1) is 11.6 Å². The zero-order valence-electron chi connectivity index (χ0n) is 13.9. The third-order valence-electron chi connectivity index (χ3n) is 3.71. The summed E-state index contributed by atoms with van der Waals surface area (Å²) < 4.78 is 28.1. The van der Waals surface area contributed by atoms with Crippen LogP contribution in [-0.4, -0.2) is 26.4 Å². The van der Waals surface area contributed by atoms with E-state index in [2.05, 4.69) is 15.4 Å². The predicted molar refractivity (Wildman–Crippen MR) is 95.0 cm³/mol. The minimum atomic E-state index is -0.667. The molecule has 0 aliphatic heterocycles. The molecule has 0 saturated carbocycles. The van der Waals surface area contributed by atoms with Crippen LogP contribution in [0.1, 0.15) is 18.5 Å². The summed E-state index contributed by atoms with van der Waals surface area (Å²) in [6.45, 7) is 1.87. The maximum Gasteiger partial charge on any atom is 0.230 e. The van der Waals surface area contributed by atoms with Crippen molar-refractivity contribution in [3.63, 3.8) is 0 Å². The average Bonchev–Trinajstić information content (AvgIpc) is 3.16. The number of hydrogen-bond acceptors (Lipinski definition) is 4. The van der Waals surface area contributed by atoms with E-state index in [1.165, 1.54) is 18.5 Å². The van der Waals surface area contributed by atoms with Crippen molar-refractivity contribution in [2.24, 2.45) is 0 Å². The lowest BCUT2D eigenvalue weighted by Gasteiger charge is -2.15. The highest BCUT2D eigenvalue weighted by Gasteiger charge is 2.12. The summed E-state index contributed by atoms with van der Waals surface area (Å²) in [6, 6.07) is 10.7. The van der Waals surface area contributed by atoms with Gasteiger partial charge >= 0.3 is 0 Å². The summed E-state index contributed by atoms with van der Waals surface area (Å²) in [5, 5.41) is 6.91. The van der Waals surface area contributed by atoms with Crippen LogP contribution >= 0.6 is 11.8 Å². The van der Waals surface area contributed by atoms with E-state index in [4.69, 9.17) is 0 Å². The second-order valence-electron chi connectivity index (χ2n) is 5.58. The fraction of sp³-hybridized carbons (Fsp3) is 0.167. The van der Waals surface area contributed by atoms with Gasteiger partial charge in [-0.2, -0.15) is 5.10 Å². The van der Waals surface area contributed by atoms with E-state index in [1.54, 1.807) is 11.0 Å². The quantitative estimate of drug-likeness (QED) is 0.671. The second-order valence-corrected chi connectivity index (χ2v) is 6.60. The number of rotatable bonds is 6. The second kappa shape index (κ2) is 8.09. The monoisotopic (exact) mass is 374 g/mol. The summed E-state index contributed by atoms with van der Waals surface area (Å²) in [7, 11) is 0. The molecule has 3 aromatic rings. The first-order chi connectivity index (χ1) is 12.5. The Labute approximate surface area is 153 Å². The number of halogens is 2. The molecule has 5 nitrogen and oxygen atoms in total. The van der Waals surface area contributed by atoms with Gasteiger partial charge in [0.15, 0.2) is 0 Å². The molecule has 0 radical (unpaired) electrons. The SMILES string of the molecule is C[C@H](NC(=O)CSc1ccc(F)cc1F)c1ccc(-n2cncn2)cc1. The molecule has 0 saturated heterocycles. The molecule has 2 aromatic carbocycles. The van der Waals surface area contributed by atoms with Crippen LogP contribution < -0.4 is 5.32 Å². The molecule has 1 heterocycles.